The number of imide groups is 1. The average Bonchev–Trinajstić information content (AvgIpc) is 2.36. The summed E-state index contributed by atoms with van der Waals surface area (Å²) in [6.07, 6.45) is 3.00. The van der Waals surface area contributed by atoms with Crippen molar-refractivity contribution in [2.75, 3.05) is 13.1 Å². The standard InChI is InChI=1S/C15H26N2O4/c1-4-11-5-7-17(8-6-11)14(21)16-12(18)9-15(2,3)10-13(19)20/h11H,4-10H2,1-3H3,(H,19,20)(H,16,18,21). The smallest absolute Gasteiger partial charge is 0.324 e. The van der Waals surface area contributed by atoms with Crippen molar-refractivity contribution in [2.24, 2.45) is 11.3 Å². The Morgan fingerprint density at radius 1 is 1.19 bits per heavy atom. The molecule has 3 amide bonds. The van der Waals surface area contributed by atoms with Crippen molar-refractivity contribution in [3.8, 4) is 0 Å². The second-order valence-corrected chi connectivity index (χ2v) is 6.60. The molecule has 0 aromatic rings. The van der Waals surface area contributed by atoms with E-state index in [1.54, 1.807) is 18.7 Å². The lowest BCUT2D eigenvalue weighted by Gasteiger charge is -2.31. The monoisotopic (exact) mass is 298 g/mol. The van der Waals surface area contributed by atoms with Crippen LogP contribution in [0.15, 0.2) is 0 Å². The van der Waals surface area contributed by atoms with Crippen LogP contribution in [0.25, 0.3) is 0 Å². The highest BCUT2D eigenvalue weighted by Crippen LogP contribution is 2.25. The van der Waals surface area contributed by atoms with E-state index in [1.807, 2.05) is 0 Å². The van der Waals surface area contributed by atoms with Crippen LogP contribution in [0, 0.1) is 11.3 Å². The summed E-state index contributed by atoms with van der Waals surface area (Å²) in [6, 6.07) is -0.360. The molecule has 1 fully saturated rings. The van der Waals surface area contributed by atoms with E-state index in [-0.39, 0.29) is 18.9 Å². The van der Waals surface area contributed by atoms with Crippen molar-refractivity contribution in [1.29, 1.82) is 0 Å². The van der Waals surface area contributed by atoms with Gasteiger partial charge in [-0.1, -0.05) is 27.2 Å². The molecule has 0 aliphatic carbocycles. The van der Waals surface area contributed by atoms with E-state index in [9.17, 15) is 14.4 Å². The fourth-order valence-corrected chi connectivity index (χ4v) is 2.69. The summed E-state index contributed by atoms with van der Waals surface area (Å²) in [5.41, 5.74) is -0.661. The molecule has 1 saturated heterocycles. The van der Waals surface area contributed by atoms with Gasteiger partial charge in [-0.2, -0.15) is 0 Å². The molecule has 1 aliphatic rings. The van der Waals surface area contributed by atoms with Gasteiger partial charge in [-0.05, 0) is 24.2 Å². The number of hydrogen-bond acceptors (Lipinski definition) is 3. The lowest BCUT2D eigenvalue weighted by molar-refractivity contribution is -0.139. The van der Waals surface area contributed by atoms with E-state index in [4.69, 9.17) is 5.11 Å². The van der Waals surface area contributed by atoms with Gasteiger partial charge in [-0.15, -0.1) is 0 Å². The molecule has 2 N–H and O–H groups in total. The van der Waals surface area contributed by atoms with Gasteiger partial charge in [0.05, 0.1) is 6.42 Å². The first-order valence-corrected chi connectivity index (χ1v) is 7.54. The first-order valence-electron chi connectivity index (χ1n) is 7.54. The number of carboxylic acids is 1. The molecule has 1 rings (SSSR count). The summed E-state index contributed by atoms with van der Waals surface area (Å²) in [7, 11) is 0. The Morgan fingerprint density at radius 3 is 2.24 bits per heavy atom. The van der Waals surface area contributed by atoms with Crippen molar-refractivity contribution < 1.29 is 19.5 Å². The number of nitrogens with zero attached hydrogens (tertiary/aromatic N) is 1. The van der Waals surface area contributed by atoms with Gasteiger partial charge in [0.25, 0.3) is 0 Å². The molecule has 0 aromatic heterocycles. The van der Waals surface area contributed by atoms with Crippen molar-refractivity contribution in [3.05, 3.63) is 0 Å². The first-order chi connectivity index (χ1) is 9.73. The number of carbonyl (C=O) groups excluding carboxylic acids is 2. The minimum Gasteiger partial charge on any atom is -0.481 e. The van der Waals surface area contributed by atoms with Crippen molar-refractivity contribution >= 4 is 17.9 Å². The maximum Gasteiger partial charge on any atom is 0.324 e. The Labute approximate surface area is 125 Å². The molecule has 1 heterocycles. The van der Waals surface area contributed by atoms with Crippen LogP contribution >= 0.6 is 0 Å². The van der Waals surface area contributed by atoms with Crippen molar-refractivity contribution in [3.63, 3.8) is 0 Å². The van der Waals surface area contributed by atoms with Crippen LogP contribution in [0.1, 0.15) is 52.9 Å². The molecule has 0 aromatic carbocycles. The van der Waals surface area contributed by atoms with Gasteiger partial charge in [0.2, 0.25) is 5.91 Å². The Balaban J connectivity index is 2.41. The lowest BCUT2D eigenvalue weighted by atomic mass is 9.85. The third kappa shape index (κ3) is 6.14. The zero-order chi connectivity index (χ0) is 16.0. The SMILES string of the molecule is CCC1CCN(C(=O)NC(=O)CC(C)(C)CC(=O)O)CC1. The van der Waals surface area contributed by atoms with E-state index in [0.717, 1.165) is 19.3 Å². The number of likely N-dealkylation sites (tertiary alicyclic amines) is 1. The minimum absolute atomic E-state index is 0.0243. The molecule has 120 valence electrons. The van der Waals surface area contributed by atoms with Gasteiger partial charge in [0.1, 0.15) is 0 Å². The molecule has 0 atom stereocenters. The Bertz CT molecular complexity index is 398. The molecule has 0 bridgehead atoms. The number of carboxylic acid groups (broad SMARTS) is 1. The number of amides is 3. The lowest BCUT2D eigenvalue weighted by Crippen LogP contribution is -2.47. The van der Waals surface area contributed by atoms with E-state index < -0.39 is 17.3 Å². The maximum absolute atomic E-state index is 12.0. The van der Waals surface area contributed by atoms with Gasteiger partial charge in [0.15, 0.2) is 0 Å². The van der Waals surface area contributed by atoms with Crippen LogP contribution in [0.2, 0.25) is 0 Å². The average molecular weight is 298 g/mol. The fourth-order valence-electron chi connectivity index (χ4n) is 2.69. The highest BCUT2D eigenvalue weighted by Gasteiger charge is 2.28. The quantitative estimate of drug-likeness (QED) is 0.815. The third-order valence-corrected chi connectivity index (χ3v) is 3.99. The zero-order valence-electron chi connectivity index (χ0n) is 13.1. The van der Waals surface area contributed by atoms with E-state index in [1.165, 1.54) is 0 Å². The maximum atomic E-state index is 12.0. The second-order valence-electron chi connectivity index (χ2n) is 6.60. The molecular formula is C15H26N2O4. The molecule has 0 radical (unpaired) electrons. The fraction of sp³-hybridized carbons (Fsp3) is 0.800. The van der Waals surface area contributed by atoms with E-state index in [2.05, 4.69) is 12.2 Å². The van der Waals surface area contributed by atoms with E-state index in [0.29, 0.717) is 19.0 Å². The molecule has 21 heavy (non-hydrogen) atoms. The molecule has 0 unspecified atom stereocenters. The highest BCUT2D eigenvalue weighted by atomic mass is 16.4. The second kappa shape index (κ2) is 7.43. The largest absolute Gasteiger partial charge is 0.481 e. The number of carbonyl (C=O) groups is 3. The molecule has 1 aliphatic heterocycles. The topological polar surface area (TPSA) is 86.7 Å². The van der Waals surface area contributed by atoms with Crippen LogP contribution in [-0.4, -0.2) is 41.0 Å². The third-order valence-electron chi connectivity index (χ3n) is 3.99. The minimum atomic E-state index is -0.944. The predicted molar refractivity (Wildman–Crippen MR) is 78.8 cm³/mol. The Morgan fingerprint density at radius 2 is 1.76 bits per heavy atom. The van der Waals surface area contributed by atoms with Crippen LogP contribution in [-0.2, 0) is 9.59 Å². The normalized spacial score (nSPS) is 16.6. The van der Waals surface area contributed by atoms with Crippen LogP contribution in [0.5, 0.6) is 0 Å². The number of hydrogen-bond donors (Lipinski definition) is 2. The zero-order valence-corrected chi connectivity index (χ0v) is 13.1. The van der Waals surface area contributed by atoms with Gasteiger partial charge in [0, 0.05) is 19.5 Å². The van der Waals surface area contributed by atoms with Gasteiger partial charge >= 0.3 is 12.0 Å². The number of urea groups is 1. The van der Waals surface area contributed by atoms with Crippen LogP contribution in [0.4, 0.5) is 4.79 Å². The first kappa shape index (κ1) is 17.5. The summed E-state index contributed by atoms with van der Waals surface area (Å²) in [4.78, 5) is 36.2. The summed E-state index contributed by atoms with van der Waals surface area (Å²) >= 11 is 0. The van der Waals surface area contributed by atoms with Crippen molar-refractivity contribution in [1.82, 2.24) is 10.2 Å². The Hall–Kier alpha value is -1.59. The van der Waals surface area contributed by atoms with Gasteiger partial charge < -0.3 is 10.0 Å². The summed E-state index contributed by atoms with van der Waals surface area (Å²) in [5, 5.41) is 11.2. The highest BCUT2D eigenvalue weighted by molar-refractivity contribution is 5.94. The van der Waals surface area contributed by atoms with Gasteiger partial charge in [-0.25, -0.2) is 4.79 Å². The van der Waals surface area contributed by atoms with Crippen molar-refractivity contribution in [2.45, 2.75) is 52.9 Å². The number of piperidine rings is 1. The van der Waals surface area contributed by atoms with Crippen LogP contribution in [0.3, 0.4) is 0 Å². The number of rotatable bonds is 5. The molecule has 6 nitrogen and oxygen atoms in total. The van der Waals surface area contributed by atoms with E-state index >= 15 is 0 Å². The summed E-state index contributed by atoms with van der Waals surface area (Å²) in [6.45, 7) is 6.91. The summed E-state index contributed by atoms with van der Waals surface area (Å²) < 4.78 is 0. The Kier molecular flexibility index (Phi) is 6.18. The number of nitrogens with one attached hydrogen (secondary N) is 1. The number of aliphatic carboxylic acids is 1. The molecule has 0 spiro atoms. The predicted octanol–water partition coefficient (Wildman–Crippen LogP) is 2.24. The molecule has 6 heteroatoms. The summed E-state index contributed by atoms with van der Waals surface area (Å²) in [5.74, 6) is -0.691. The molecule has 0 saturated carbocycles. The van der Waals surface area contributed by atoms with Crippen LogP contribution < -0.4 is 5.32 Å². The molecular weight excluding hydrogens is 272 g/mol. The van der Waals surface area contributed by atoms with Gasteiger partial charge in [-0.3, -0.25) is 14.9 Å².